The number of aromatic nitrogens is 4. The van der Waals surface area contributed by atoms with Gasteiger partial charge in [-0.15, -0.1) is 5.10 Å². The Morgan fingerprint density at radius 1 is 1.53 bits per heavy atom. The van der Waals surface area contributed by atoms with Gasteiger partial charge in [0, 0.05) is 6.54 Å². The van der Waals surface area contributed by atoms with Crippen LogP contribution in [0.3, 0.4) is 0 Å². The van der Waals surface area contributed by atoms with Crippen LogP contribution < -0.4 is 5.73 Å². The lowest BCUT2D eigenvalue weighted by molar-refractivity contribution is -0.144. The number of nitrogens with two attached hydrogens (primary N) is 1. The highest BCUT2D eigenvalue weighted by Gasteiger charge is 2.14. The van der Waals surface area contributed by atoms with Crippen molar-refractivity contribution in [2.45, 2.75) is 45.0 Å². The van der Waals surface area contributed by atoms with Crippen LogP contribution in [0.15, 0.2) is 0 Å². The molecule has 1 unspecified atom stereocenters. The fraction of sp³-hybridized carbons (Fsp3) is 0.818. The topological polar surface area (TPSA) is 95.9 Å². The summed E-state index contributed by atoms with van der Waals surface area (Å²) in [5.74, 6) is 2.03. The predicted molar refractivity (Wildman–Crippen MR) is 73.5 cm³/mol. The van der Waals surface area contributed by atoms with E-state index in [1.54, 1.807) is 23.4 Å². The van der Waals surface area contributed by atoms with Crippen molar-refractivity contribution in [3.8, 4) is 0 Å². The third-order valence-corrected chi connectivity index (χ3v) is 3.42. The third kappa shape index (κ3) is 5.56. The lowest BCUT2D eigenvalue weighted by Crippen LogP contribution is -2.32. The molecule has 0 saturated carbocycles. The number of ether oxygens (including phenoxy) is 1. The molecule has 0 aliphatic carbocycles. The average molecular weight is 287 g/mol. The van der Waals surface area contributed by atoms with Gasteiger partial charge in [0.05, 0.1) is 12.4 Å². The molecule has 19 heavy (non-hydrogen) atoms. The lowest BCUT2D eigenvalue weighted by atomic mass is 10.2. The Morgan fingerprint density at radius 2 is 2.32 bits per heavy atom. The SMILES string of the molecule is CCCn1nnnc1CSCCC(N)C(=O)OCC. The maximum Gasteiger partial charge on any atom is 0.322 e. The molecule has 1 aromatic heterocycles. The maximum atomic E-state index is 11.3. The summed E-state index contributed by atoms with van der Waals surface area (Å²) in [6.45, 7) is 5.04. The van der Waals surface area contributed by atoms with Crippen molar-refractivity contribution in [3.05, 3.63) is 5.82 Å². The molecule has 0 fully saturated rings. The van der Waals surface area contributed by atoms with Gasteiger partial charge in [0.1, 0.15) is 6.04 Å². The van der Waals surface area contributed by atoms with Crippen LogP contribution in [0.1, 0.15) is 32.5 Å². The maximum absolute atomic E-state index is 11.3. The second kappa shape index (κ2) is 8.87. The highest BCUT2D eigenvalue weighted by atomic mass is 32.2. The zero-order valence-corrected chi connectivity index (χ0v) is 12.2. The number of tetrazole rings is 1. The van der Waals surface area contributed by atoms with Gasteiger partial charge in [0.2, 0.25) is 0 Å². The molecule has 1 aromatic rings. The Hall–Kier alpha value is -1.15. The monoisotopic (exact) mass is 287 g/mol. The summed E-state index contributed by atoms with van der Waals surface area (Å²) >= 11 is 1.66. The van der Waals surface area contributed by atoms with Crippen LogP contribution in [0.25, 0.3) is 0 Å². The highest BCUT2D eigenvalue weighted by Crippen LogP contribution is 2.11. The lowest BCUT2D eigenvalue weighted by Gasteiger charge is -2.09. The van der Waals surface area contributed by atoms with E-state index in [1.807, 2.05) is 0 Å². The van der Waals surface area contributed by atoms with Gasteiger partial charge in [0.15, 0.2) is 5.82 Å². The van der Waals surface area contributed by atoms with Crippen molar-refractivity contribution in [1.29, 1.82) is 0 Å². The summed E-state index contributed by atoms with van der Waals surface area (Å²) in [7, 11) is 0. The molecule has 7 nitrogen and oxygen atoms in total. The Balaban J connectivity index is 2.23. The first-order chi connectivity index (χ1) is 9.19. The minimum Gasteiger partial charge on any atom is -0.465 e. The van der Waals surface area contributed by atoms with E-state index in [2.05, 4.69) is 22.4 Å². The van der Waals surface area contributed by atoms with Crippen molar-refractivity contribution in [2.75, 3.05) is 12.4 Å². The number of carbonyl (C=O) groups is 1. The van der Waals surface area contributed by atoms with Crippen LogP contribution in [0, 0.1) is 0 Å². The van der Waals surface area contributed by atoms with Crippen LogP contribution in [-0.4, -0.2) is 44.6 Å². The van der Waals surface area contributed by atoms with Gasteiger partial charge in [-0.1, -0.05) is 6.92 Å². The molecular weight excluding hydrogens is 266 g/mol. The highest BCUT2D eigenvalue weighted by molar-refractivity contribution is 7.98. The molecule has 0 radical (unpaired) electrons. The number of thioether (sulfide) groups is 1. The molecule has 108 valence electrons. The van der Waals surface area contributed by atoms with E-state index >= 15 is 0 Å². The van der Waals surface area contributed by atoms with E-state index in [9.17, 15) is 4.79 Å². The van der Waals surface area contributed by atoms with Gasteiger partial charge in [0.25, 0.3) is 0 Å². The van der Waals surface area contributed by atoms with Gasteiger partial charge >= 0.3 is 5.97 Å². The first-order valence-corrected chi connectivity index (χ1v) is 7.59. The molecule has 1 heterocycles. The Labute approximate surface area is 117 Å². The molecule has 0 aliphatic rings. The normalized spacial score (nSPS) is 12.4. The van der Waals surface area contributed by atoms with E-state index in [-0.39, 0.29) is 5.97 Å². The summed E-state index contributed by atoms with van der Waals surface area (Å²) in [5.41, 5.74) is 5.71. The van der Waals surface area contributed by atoms with Crippen molar-refractivity contribution in [1.82, 2.24) is 20.2 Å². The number of rotatable bonds is 9. The minimum atomic E-state index is -0.543. The van der Waals surface area contributed by atoms with Crippen molar-refractivity contribution < 1.29 is 9.53 Å². The van der Waals surface area contributed by atoms with Gasteiger partial charge in [-0.3, -0.25) is 4.79 Å². The summed E-state index contributed by atoms with van der Waals surface area (Å²) in [6, 6.07) is -0.543. The Bertz CT molecular complexity index is 385. The number of carbonyl (C=O) groups excluding carboxylic acids is 1. The van der Waals surface area contributed by atoms with E-state index in [4.69, 9.17) is 10.5 Å². The van der Waals surface area contributed by atoms with E-state index in [0.717, 1.165) is 30.3 Å². The summed E-state index contributed by atoms with van der Waals surface area (Å²) in [6.07, 6.45) is 1.59. The third-order valence-electron chi connectivity index (χ3n) is 2.44. The average Bonchev–Trinajstić information content (AvgIpc) is 2.82. The summed E-state index contributed by atoms with van der Waals surface area (Å²) < 4.78 is 6.65. The standard InChI is InChI=1S/C11H21N5O2S/c1-3-6-16-10(13-14-15-16)8-19-7-5-9(12)11(17)18-4-2/h9H,3-8,12H2,1-2H3. The second-order valence-electron chi connectivity index (χ2n) is 4.02. The van der Waals surface area contributed by atoms with Crippen molar-refractivity contribution in [2.24, 2.45) is 5.73 Å². The molecule has 0 spiro atoms. The van der Waals surface area contributed by atoms with Crippen LogP contribution >= 0.6 is 11.8 Å². The van der Waals surface area contributed by atoms with Gasteiger partial charge < -0.3 is 10.5 Å². The smallest absolute Gasteiger partial charge is 0.322 e. The van der Waals surface area contributed by atoms with Gasteiger partial charge in [-0.2, -0.15) is 11.8 Å². The zero-order chi connectivity index (χ0) is 14.1. The fourth-order valence-electron chi connectivity index (χ4n) is 1.45. The molecule has 0 aliphatic heterocycles. The van der Waals surface area contributed by atoms with E-state index in [0.29, 0.717) is 13.0 Å². The summed E-state index contributed by atoms with van der Waals surface area (Å²) in [5, 5.41) is 11.5. The predicted octanol–water partition coefficient (Wildman–Crippen LogP) is 0.597. The number of hydrogen-bond donors (Lipinski definition) is 1. The van der Waals surface area contributed by atoms with Crippen LogP contribution in [-0.2, 0) is 21.8 Å². The number of hydrogen-bond acceptors (Lipinski definition) is 7. The van der Waals surface area contributed by atoms with Crippen molar-refractivity contribution >= 4 is 17.7 Å². The molecule has 1 atom stereocenters. The number of esters is 1. The van der Waals surface area contributed by atoms with Crippen LogP contribution in [0.2, 0.25) is 0 Å². The molecule has 1 rings (SSSR count). The van der Waals surface area contributed by atoms with Crippen LogP contribution in [0.5, 0.6) is 0 Å². The quantitative estimate of drug-likeness (QED) is 0.524. The first-order valence-electron chi connectivity index (χ1n) is 6.44. The molecular formula is C11H21N5O2S. The number of aryl methyl sites for hydroxylation is 1. The molecule has 8 heteroatoms. The van der Waals surface area contributed by atoms with E-state index in [1.165, 1.54) is 0 Å². The molecule has 0 bridgehead atoms. The van der Waals surface area contributed by atoms with Crippen molar-refractivity contribution in [3.63, 3.8) is 0 Å². The van der Waals surface area contributed by atoms with E-state index < -0.39 is 6.04 Å². The zero-order valence-electron chi connectivity index (χ0n) is 11.4. The Kier molecular flexibility index (Phi) is 7.42. The molecule has 0 amide bonds. The van der Waals surface area contributed by atoms with Crippen LogP contribution in [0.4, 0.5) is 0 Å². The molecule has 2 N–H and O–H groups in total. The Morgan fingerprint density at radius 3 is 3.00 bits per heavy atom. The van der Waals surface area contributed by atoms with Gasteiger partial charge in [-0.25, -0.2) is 4.68 Å². The molecule has 0 aromatic carbocycles. The molecule has 0 saturated heterocycles. The minimum absolute atomic E-state index is 0.334. The second-order valence-corrected chi connectivity index (χ2v) is 5.12. The van der Waals surface area contributed by atoms with Gasteiger partial charge in [-0.05, 0) is 35.9 Å². The number of nitrogens with zero attached hydrogens (tertiary/aromatic N) is 4. The largest absolute Gasteiger partial charge is 0.465 e. The fourth-order valence-corrected chi connectivity index (χ4v) is 2.41. The summed E-state index contributed by atoms with van der Waals surface area (Å²) in [4.78, 5) is 11.3. The first kappa shape index (κ1) is 15.9.